The van der Waals surface area contributed by atoms with Gasteiger partial charge in [0.2, 0.25) is 0 Å². The topological polar surface area (TPSA) is 61.8 Å². The van der Waals surface area contributed by atoms with Gasteiger partial charge in [0.1, 0.15) is 6.61 Å². The first-order valence-electron chi connectivity index (χ1n) is 31.4. The third kappa shape index (κ3) is 61.1. The molecule has 0 aliphatic carbocycles. The number of hydrogen-bond acceptors (Lipinski definition) is 5. The molecule has 0 aromatic heterocycles. The van der Waals surface area contributed by atoms with Crippen molar-refractivity contribution >= 4 is 11.9 Å². The minimum Gasteiger partial charge on any atom is -0.462 e. The van der Waals surface area contributed by atoms with E-state index in [4.69, 9.17) is 14.2 Å². The molecule has 0 aromatic carbocycles. The first-order chi connectivity index (χ1) is 36.6. The second-order valence-electron chi connectivity index (χ2n) is 20.6. The van der Waals surface area contributed by atoms with Crippen molar-refractivity contribution in [3.05, 3.63) is 109 Å². The molecule has 0 rings (SSSR count). The first-order valence-corrected chi connectivity index (χ1v) is 31.4. The van der Waals surface area contributed by atoms with Gasteiger partial charge in [-0.1, -0.05) is 259 Å². The van der Waals surface area contributed by atoms with Gasteiger partial charge in [-0.25, -0.2) is 0 Å². The molecule has 0 saturated carbocycles. The van der Waals surface area contributed by atoms with Crippen molar-refractivity contribution in [3.8, 4) is 0 Å². The molecule has 0 spiro atoms. The Kier molecular flexibility index (Phi) is 60.9. The average molecular weight is 1030 g/mol. The van der Waals surface area contributed by atoms with Gasteiger partial charge in [-0.05, 0) is 128 Å². The van der Waals surface area contributed by atoms with Crippen LogP contribution in [-0.2, 0) is 23.8 Å². The highest BCUT2D eigenvalue weighted by Crippen LogP contribution is 2.15. The molecule has 1 unspecified atom stereocenters. The summed E-state index contributed by atoms with van der Waals surface area (Å²) < 4.78 is 17.5. The van der Waals surface area contributed by atoms with Crippen LogP contribution in [0.2, 0.25) is 0 Å². The summed E-state index contributed by atoms with van der Waals surface area (Å²) in [7, 11) is 0. The van der Waals surface area contributed by atoms with Gasteiger partial charge < -0.3 is 14.2 Å². The zero-order valence-electron chi connectivity index (χ0n) is 48.8. The number of hydrogen-bond donors (Lipinski definition) is 0. The van der Waals surface area contributed by atoms with E-state index >= 15 is 0 Å². The minimum atomic E-state index is -0.562. The van der Waals surface area contributed by atoms with Crippen molar-refractivity contribution in [2.45, 2.75) is 297 Å². The smallest absolute Gasteiger partial charge is 0.306 e. The maximum atomic E-state index is 12.9. The third-order valence-electron chi connectivity index (χ3n) is 13.3. The van der Waals surface area contributed by atoms with E-state index in [1.807, 2.05) is 0 Å². The predicted molar refractivity (Wildman–Crippen MR) is 325 cm³/mol. The van der Waals surface area contributed by atoms with Gasteiger partial charge in [0.25, 0.3) is 0 Å². The summed E-state index contributed by atoms with van der Waals surface area (Å²) in [6.07, 6.45) is 88.3. The summed E-state index contributed by atoms with van der Waals surface area (Å²) >= 11 is 0. The number of ether oxygens (including phenoxy) is 3. The highest BCUT2D eigenvalue weighted by molar-refractivity contribution is 5.70. The number of rotatable bonds is 57. The van der Waals surface area contributed by atoms with Gasteiger partial charge in [-0.15, -0.1) is 0 Å². The molecular weight excluding hydrogens is 909 g/mol. The Balaban J connectivity index is 4.36. The van der Waals surface area contributed by atoms with Gasteiger partial charge in [-0.2, -0.15) is 0 Å². The highest BCUT2D eigenvalue weighted by Gasteiger charge is 2.17. The molecule has 0 N–H and O–H groups in total. The van der Waals surface area contributed by atoms with Crippen LogP contribution in [0.4, 0.5) is 0 Å². The van der Waals surface area contributed by atoms with Crippen LogP contribution in [0, 0.1) is 0 Å². The first kappa shape index (κ1) is 70.6. The number of allylic oxidation sites excluding steroid dienone is 18. The van der Waals surface area contributed by atoms with Crippen molar-refractivity contribution in [2.24, 2.45) is 0 Å². The van der Waals surface area contributed by atoms with Crippen molar-refractivity contribution < 1.29 is 23.8 Å². The Morgan fingerprint density at radius 2 is 0.608 bits per heavy atom. The normalized spacial score (nSPS) is 13.0. The van der Waals surface area contributed by atoms with Crippen LogP contribution >= 0.6 is 0 Å². The summed E-state index contributed by atoms with van der Waals surface area (Å²) in [6.45, 7) is 7.64. The fraction of sp³-hybridized carbons (Fsp3) is 0.710. The van der Waals surface area contributed by atoms with Crippen molar-refractivity contribution in [1.82, 2.24) is 0 Å². The second-order valence-corrected chi connectivity index (χ2v) is 20.6. The van der Waals surface area contributed by atoms with Crippen LogP contribution in [0.25, 0.3) is 0 Å². The summed E-state index contributed by atoms with van der Waals surface area (Å²) in [6, 6.07) is 0. The average Bonchev–Trinajstić information content (AvgIpc) is 3.40. The standard InChI is InChI=1S/C69H118O5/c1-4-7-10-13-16-19-22-25-28-31-34-37-40-43-46-49-52-55-58-61-64-72-65-67(74-69(71)63-60-57-54-51-48-45-42-39-36-33-30-27-24-21-18-15-12-9-6-3)66-73-68(70)62-59-56-53-50-47-44-41-38-35-32-29-26-23-20-17-14-11-8-5-2/h8,11,16-21,25-30,35,38,44,47,67H,4-7,9-10,12-15,22-24,31-34,36-37,39-43,45-46,48-66H2,1-3H3/b11-8-,19-16-,20-17-,21-18-,28-25-,29-26-,30-27-,38-35-,47-44-. The lowest BCUT2D eigenvalue weighted by Gasteiger charge is -2.18. The zero-order valence-corrected chi connectivity index (χ0v) is 48.8. The monoisotopic (exact) mass is 1030 g/mol. The number of carbonyl (C=O) groups excluding carboxylic acids is 2. The van der Waals surface area contributed by atoms with Crippen molar-refractivity contribution in [2.75, 3.05) is 19.8 Å². The van der Waals surface area contributed by atoms with E-state index in [2.05, 4.69) is 130 Å². The van der Waals surface area contributed by atoms with E-state index < -0.39 is 6.10 Å². The SMILES string of the molecule is CC/C=C\C/C=C\C/C=C\C/C=C\C/C=C\CCCCCC(=O)OCC(COCCCCCCCCCCCC/C=C\C/C=C\CCCCC)OC(=O)CCCCCCCCCCC/C=C\C/C=C\CCCCC. The van der Waals surface area contributed by atoms with Crippen LogP contribution in [-0.4, -0.2) is 37.9 Å². The second kappa shape index (κ2) is 63.8. The molecule has 0 radical (unpaired) electrons. The molecule has 5 nitrogen and oxygen atoms in total. The fourth-order valence-corrected chi connectivity index (χ4v) is 8.60. The molecule has 1 atom stereocenters. The number of unbranched alkanes of at least 4 members (excludes halogenated alkanes) is 28. The Bertz CT molecular complexity index is 1440. The predicted octanol–water partition coefficient (Wildman–Crippen LogP) is 21.9. The van der Waals surface area contributed by atoms with Crippen LogP contribution in [0.5, 0.6) is 0 Å². The van der Waals surface area contributed by atoms with E-state index in [9.17, 15) is 9.59 Å². The molecule has 0 aliphatic heterocycles. The minimum absolute atomic E-state index is 0.0605. The molecule has 424 valence electrons. The van der Waals surface area contributed by atoms with E-state index in [1.54, 1.807) is 0 Å². The molecule has 0 fully saturated rings. The van der Waals surface area contributed by atoms with E-state index in [1.165, 1.54) is 154 Å². The Morgan fingerprint density at radius 1 is 0.311 bits per heavy atom. The van der Waals surface area contributed by atoms with E-state index in [-0.39, 0.29) is 25.2 Å². The quantitative estimate of drug-likeness (QED) is 0.0345. The molecule has 0 bridgehead atoms. The van der Waals surface area contributed by atoms with E-state index in [0.29, 0.717) is 19.4 Å². The van der Waals surface area contributed by atoms with Crippen LogP contribution < -0.4 is 0 Å². The largest absolute Gasteiger partial charge is 0.462 e. The lowest BCUT2D eigenvalue weighted by atomic mass is 10.1. The Hall–Kier alpha value is -3.44. The van der Waals surface area contributed by atoms with Crippen molar-refractivity contribution in [3.63, 3.8) is 0 Å². The van der Waals surface area contributed by atoms with Gasteiger partial charge >= 0.3 is 11.9 Å². The van der Waals surface area contributed by atoms with Gasteiger partial charge in [0, 0.05) is 19.4 Å². The summed E-state index contributed by atoms with van der Waals surface area (Å²) in [5.41, 5.74) is 0. The van der Waals surface area contributed by atoms with E-state index in [0.717, 1.165) is 103 Å². The molecule has 74 heavy (non-hydrogen) atoms. The highest BCUT2D eigenvalue weighted by atomic mass is 16.6. The third-order valence-corrected chi connectivity index (χ3v) is 13.3. The van der Waals surface area contributed by atoms with Gasteiger partial charge in [0.15, 0.2) is 6.10 Å². The Labute approximate surface area is 459 Å². The molecule has 0 amide bonds. The maximum Gasteiger partial charge on any atom is 0.306 e. The Morgan fingerprint density at radius 3 is 0.986 bits per heavy atom. The molecule has 0 heterocycles. The molecular formula is C69H118O5. The zero-order chi connectivity index (χ0) is 53.4. The van der Waals surface area contributed by atoms with Crippen LogP contribution in [0.1, 0.15) is 290 Å². The molecule has 0 saturated heterocycles. The van der Waals surface area contributed by atoms with Gasteiger partial charge in [0.05, 0.1) is 6.61 Å². The molecule has 5 heteroatoms. The summed E-state index contributed by atoms with van der Waals surface area (Å²) in [5.74, 6) is -0.437. The molecule has 0 aliphatic rings. The van der Waals surface area contributed by atoms with Gasteiger partial charge in [-0.3, -0.25) is 9.59 Å². The van der Waals surface area contributed by atoms with Crippen molar-refractivity contribution in [1.29, 1.82) is 0 Å². The molecule has 0 aromatic rings. The summed E-state index contributed by atoms with van der Waals surface area (Å²) in [5, 5.41) is 0. The van der Waals surface area contributed by atoms with Crippen LogP contribution in [0.3, 0.4) is 0 Å². The lowest BCUT2D eigenvalue weighted by Crippen LogP contribution is -2.30. The summed E-state index contributed by atoms with van der Waals surface area (Å²) in [4.78, 5) is 25.6. The maximum absolute atomic E-state index is 12.9. The van der Waals surface area contributed by atoms with Crippen LogP contribution in [0.15, 0.2) is 109 Å². The fourth-order valence-electron chi connectivity index (χ4n) is 8.60. The lowest BCUT2D eigenvalue weighted by molar-refractivity contribution is -0.163. The number of carbonyl (C=O) groups is 2. The number of esters is 2.